The predicted molar refractivity (Wildman–Crippen MR) is 43.3 cm³/mol. The number of hydrogen-bond donors (Lipinski definition) is 1. The highest BCUT2D eigenvalue weighted by atomic mass is 16.2. The van der Waals surface area contributed by atoms with Crippen LogP contribution < -0.4 is 5.73 Å². The topological polar surface area (TPSA) is 59.2 Å². The van der Waals surface area contributed by atoms with Gasteiger partial charge in [-0.2, -0.15) is 0 Å². The Kier molecular flexibility index (Phi) is 1.38. The van der Waals surface area contributed by atoms with Crippen molar-refractivity contribution in [3.63, 3.8) is 0 Å². The van der Waals surface area contributed by atoms with Crippen LogP contribution in [0.15, 0.2) is 18.3 Å². The van der Waals surface area contributed by atoms with E-state index >= 15 is 0 Å². The maximum atomic E-state index is 11.4. The third kappa shape index (κ3) is 0.753. The van der Waals surface area contributed by atoms with E-state index in [1.54, 1.807) is 25.4 Å². The molecule has 4 nitrogen and oxygen atoms in total. The van der Waals surface area contributed by atoms with Crippen LogP contribution in [0.5, 0.6) is 0 Å². The highest BCUT2D eigenvalue weighted by molar-refractivity contribution is 5.98. The van der Waals surface area contributed by atoms with Crippen LogP contribution >= 0.6 is 0 Å². The Hall–Kier alpha value is -1.42. The maximum absolute atomic E-state index is 11.4. The summed E-state index contributed by atoms with van der Waals surface area (Å²) in [5.74, 6) is -0.0504. The van der Waals surface area contributed by atoms with Crippen molar-refractivity contribution in [3.05, 3.63) is 29.6 Å². The molecule has 2 heterocycles. The molecule has 1 aromatic rings. The fourth-order valence-corrected chi connectivity index (χ4v) is 1.33. The largest absolute Gasteiger partial charge is 0.321 e. The van der Waals surface area contributed by atoms with Crippen molar-refractivity contribution in [1.82, 2.24) is 9.88 Å². The molecular formula is C8H9N3O. The van der Waals surface area contributed by atoms with Crippen LogP contribution in [0.4, 0.5) is 0 Å². The molecular weight excluding hydrogens is 154 g/mol. The zero-order valence-corrected chi connectivity index (χ0v) is 6.69. The van der Waals surface area contributed by atoms with E-state index in [-0.39, 0.29) is 12.1 Å². The van der Waals surface area contributed by atoms with Crippen LogP contribution in [-0.4, -0.2) is 22.8 Å². The molecule has 1 amide bonds. The third-order valence-corrected chi connectivity index (χ3v) is 2.09. The molecule has 0 spiro atoms. The Morgan fingerprint density at radius 1 is 1.67 bits per heavy atom. The summed E-state index contributed by atoms with van der Waals surface area (Å²) in [4.78, 5) is 17.0. The van der Waals surface area contributed by atoms with E-state index < -0.39 is 0 Å². The molecule has 0 fully saturated rings. The number of carbonyl (C=O) groups is 1. The molecule has 4 heteroatoms. The summed E-state index contributed by atoms with van der Waals surface area (Å²) in [6.07, 6.45) is 1.26. The molecule has 1 unspecified atom stereocenters. The molecule has 2 N–H and O–H groups in total. The van der Waals surface area contributed by atoms with Gasteiger partial charge in [-0.15, -0.1) is 0 Å². The minimum absolute atomic E-state index is 0.0504. The fourth-order valence-electron chi connectivity index (χ4n) is 1.33. The predicted octanol–water partition coefficient (Wildman–Crippen LogP) is 0.125. The number of rotatable bonds is 0. The lowest BCUT2D eigenvalue weighted by Crippen LogP contribution is -2.28. The van der Waals surface area contributed by atoms with Crippen molar-refractivity contribution < 1.29 is 4.79 Å². The first-order valence-electron chi connectivity index (χ1n) is 3.69. The van der Waals surface area contributed by atoms with Gasteiger partial charge in [-0.1, -0.05) is 0 Å². The van der Waals surface area contributed by atoms with E-state index in [1.807, 2.05) is 0 Å². The Labute approximate surface area is 70.0 Å². The van der Waals surface area contributed by atoms with E-state index in [4.69, 9.17) is 5.73 Å². The smallest absolute Gasteiger partial charge is 0.257 e. The van der Waals surface area contributed by atoms with Crippen molar-refractivity contribution in [2.45, 2.75) is 6.17 Å². The fraction of sp³-hybridized carbons (Fsp3) is 0.250. The molecule has 0 radical (unpaired) electrons. The molecule has 0 aliphatic carbocycles. The van der Waals surface area contributed by atoms with Gasteiger partial charge in [0, 0.05) is 13.2 Å². The Balaban J connectivity index is 2.59. The van der Waals surface area contributed by atoms with Gasteiger partial charge < -0.3 is 10.6 Å². The summed E-state index contributed by atoms with van der Waals surface area (Å²) in [6, 6.07) is 3.48. The maximum Gasteiger partial charge on any atom is 0.257 e. The first-order chi connectivity index (χ1) is 5.72. The van der Waals surface area contributed by atoms with E-state index in [0.29, 0.717) is 11.3 Å². The summed E-state index contributed by atoms with van der Waals surface area (Å²) < 4.78 is 0. The molecule has 62 valence electrons. The summed E-state index contributed by atoms with van der Waals surface area (Å²) in [5.41, 5.74) is 7.01. The Bertz CT molecular complexity index is 337. The van der Waals surface area contributed by atoms with Crippen molar-refractivity contribution in [3.8, 4) is 0 Å². The number of aromatic nitrogens is 1. The van der Waals surface area contributed by atoms with Crippen LogP contribution in [0.25, 0.3) is 0 Å². The lowest BCUT2D eigenvalue weighted by atomic mass is 10.2. The summed E-state index contributed by atoms with van der Waals surface area (Å²) >= 11 is 0. The number of pyridine rings is 1. The highest BCUT2D eigenvalue weighted by Gasteiger charge is 2.32. The first kappa shape index (κ1) is 7.24. The van der Waals surface area contributed by atoms with Crippen molar-refractivity contribution in [2.24, 2.45) is 5.73 Å². The van der Waals surface area contributed by atoms with Crippen molar-refractivity contribution in [1.29, 1.82) is 0 Å². The van der Waals surface area contributed by atoms with Gasteiger partial charge in [0.1, 0.15) is 6.17 Å². The number of nitrogens with zero attached hydrogens (tertiary/aromatic N) is 2. The second-order valence-corrected chi connectivity index (χ2v) is 2.80. The molecule has 1 aromatic heterocycles. The summed E-state index contributed by atoms with van der Waals surface area (Å²) in [7, 11) is 1.68. The number of fused-ring (bicyclic) bond motifs is 1. The second kappa shape index (κ2) is 2.28. The zero-order chi connectivity index (χ0) is 8.72. The standard InChI is InChI=1S/C8H9N3O/c1-11-7(9)6-5(8(11)12)3-2-4-10-6/h2-4,7H,9H2,1H3. The van der Waals surface area contributed by atoms with E-state index in [1.165, 1.54) is 4.90 Å². The monoisotopic (exact) mass is 163 g/mol. The average Bonchev–Trinajstić information content (AvgIpc) is 2.33. The Morgan fingerprint density at radius 2 is 2.42 bits per heavy atom. The lowest BCUT2D eigenvalue weighted by molar-refractivity contribution is 0.0777. The van der Waals surface area contributed by atoms with Crippen LogP contribution in [-0.2, 0) is 0 Å². The minimum atomic E-state index is -0.381. The van der Waals surface area contributed by atoms with Gasteiger partial charge in [0.05, 0.1) is 11.3 Å². The van der Waals surface area contributed by atoms with E-state index in [0.717, 1.165) is 0 Å². The molecule has 0 bridgehead atoms. The number of nitrogens with two attached hydrogens (primary N) is 1. The van der Waals surface area contributed by atoms with Gasteiger partial charge in [0.2, 0.25) is 0 Å². The zero-order valence-electron chi connectivity index (χ0n) is 6.69. The normalized spacial score (nSPS) is 21.3. The SMILES string of the molecule is CN1C(=O)c2cccnc2C1N. The molecule has 0 saturated carbocycles. The number of amides is 1. The minimum Gasteiger partial charge on any atom is -0.321 e. The van der Waals surface area contributed by atoms with Crippen molar-refractivity contribution >= 4 is 5.91 Å². The molecule has 2 rings (SSSR count). The summed E-state index contributed by atoms with van der Waals surface area (Å²) in [5, 5.41) is 0. The van der Waals surface area contributed by atoms with Crippen LogP contribution in [0.3, 0.4) is 0 Å². The molecule has 0 saturated heterocycles. The first-order valence-corrected chi connectivity index (χ1v) is 3.69. The molecule has 1 atom stereocenters. The third-order valence-electron chi connectivity index (χ3n) is 2.09. The van der Waals surface area contributed by atoms with Gasteiger partial charge in [-0.25, -0.2) is 0 Å². The molecule has 1 aliphatic rings. The quantitative estimate of drug-likeness (QED) is 0.591. The van der Waals surface area contributed by atoms with Crippen LogP contribution in [0.2, 0.25) is 0 Å². The van der Waals surface area contributed by atoms with Gasteiger partial charge in [-0.05, 0) is 12.1 Å². The molecule has 1 aliphatic heterocycles. The lowest BCUT2D eigenvalue weighted by Gasteiger charge is -2.13. The van der Waals surface area contributed by atoms with Gasteiger partial charge in [0.25, 0.3) is 5.91 Å². The molecule has 0 aromatic carbocycles. The number of carbonyl (C=O) groups excluding carboxylic acids is 1. The van der Waals surface area contributed by atoms with Crippen LogP contribution in [0.1, 0.15) is 22.2 Å². The molecule has 12 heavy (non-hydrogen) atoms. The van der Waals surface area contributed by atoms with Gasteiger partial charge in [-0.3, -0.25) is 9.78 Å². The van der Waals surface area contributed by atoms with Gasteiger partial charge in [0.15, 0.2) is 0 Å². The average molecular weight is 163 g/mol. The number of hydrogen-bond acceptors (Lipinski definition) is 3. The highest BCUT2D eigenvalue weighted by Crippen LogP contribution is 2.25. The van der Waals surface area contributed by atoms with Crippen LogP contribution in [0, 0.1) is 0 Å². The van der Waals surface area contributed by atoms with E-state index in [2.05, 4.69) is 4.98 Å². The van der Waals surface area contributed by atoms with Crippen molar-refractivity contribution in [2.75, 3.05) is 7.05 Å². The summed E-state index contributed by atoms with van der Waals surface area (Å²) in [6.45, 7) is 0. The van der Waals surface area contributed by atoms with Gasteiger partial charge >= 0.3 is 0 Å². The second-order valence-electron chi connectivity index (χ2n) is 2.80. The van der Waals surface area contributed by atoms with E-state index in [9.17, 15) is 4.79 Å². The Morgan fingerprint density at radius 3 is 3.08 bits per heavy atom.